The highest BCUT2D eigenvalue weighted by molar-refractivity contribution is 5.92. The maximum atomic E-state index is 11.7. The lowest BCUT2D eigenvalue weighted by Crippen LogP contribution is -2.42. The Balaban J connectivity index is 2.34. The van der Waals surface area contributed by atoms with Gasteiger partial charge in [-0.25, -0.2) is 4.79 Å². The summed E-state index contributed by atoms with van der Waals surface area (Å²) in [7, 11) is 0. The number of urea groups is 1. The van der Waals surface area contributed by atoms with Crippen LogP contribution in [0.1, 0.15) is 25.0 Å². The number of rotatable bonds is 1. The molecule has 2 rings (SSSR count). The van der Waals surface area contributed by atoms with Crippen LogP contribution in [-0.4, -0.2) is 17.0 Å². The molecule has 3 heteroatoms. The minimum Gasteiger partial charge on any atom is -0.318 e. The summed E-state index contributed by atoms with van der Waals surface area (Å²) in [5, 5.41) is 2.91. The van der Waals surface area contributed by atoms with E-state index in [1.54, 1.807) is 0 Å². The van der Waals surface area contributed by atoms with Crippen molar-refractivity contribution >= 4 is 11.7 Å². The van der Waals surface area contributed by atoms with E-state index in [0.29, 0.717) is 6.54 Å². The van der Waals surface area contributed by atoms with E-state index in [1.807, 2.05) is 30.9 Å². The molecule has 0 saturated carbocycles. The lowest BCUT2D eigenvalue weighted by Gasteiger charge is -2.32. The minimum atomic E-state index is 0.00125. The molecular formula is C12H16N2O. The Morgan fingerprint density at radius 1 is 1.40 bits per heavy atom. The highest BCUT2D eigenvalue weighted by Gasteiger charge is 2.24. The van der Waals surface area contributed by atoms with Crippen molar-refractivity contribution in [3.63, 3.8) is 0 Å². The number of carbonyl (C=O) groups is 1. The Bertz CT molecular complexity index is 399. The molecule has 15 heavy (non-hydrogen) atoms. The van der Waals surface area contributed by atoms with Gasteiger partial charge in [0.25, 0.3) is 0 Å². The molecule has 1 aromatic rings. The number of aryl methyl sites for hydroxylation is 1. The van der Waals surface area contributed by atoms with Crippen molar-refractivity contribution < 1.29 is 4.79 Å². The van der Waals surface area contributed by atoms with Crippen molar-refractivity contribution in [1.29, 1.82) is 0 Å². The van der Waals surface area contributed by atoms with Crippen LogP contribution >= 0.6 is 0 Å². The number of nitrogens with zero attached hydrogens (tertiary/aromatic N) is 1. The van der Waals surface area contributed by atoms with Gasteiger partial charge in [-0.3, -0.25) is 0 Å². The average Bonchev–Trinajstić information content (AvgIpc) is 2.17. The number of nitrogens with one attached hydrogen (secondary N) is 1. The first-order valence-electron chi connectivity index (χ1n) is 5.25. The first-order valence-corrected chi connectivity index (χ1v) is 5.25. The molecule has 0 radical (unpaired) electrons. The summed E-state index contributed by atoms with van der Waals surface area (Å²) >= 11 is 0. The van der Waals surface area contributed by atoms with Crippen LogP contribution in [0.4, 0.5) is 10.5 Å². The minimum absolute atomic E-state index is 0.00125. The van der Waals surface area contributed by atoms with Crippen LogP contribution in [0.2, 0.25) is 0 Å². The Morgan fingerprint density at radius 3 is 2.80 bits per heavy atom. The van der Waals surface area contributed by atoms with Crippen LogP contribution in [0.25, 0.3) is 0 Å². The van der Waals surface area contributed by atoms with Crippen molar-refractivity contribution in [3.8, 4) is 0 Å². The number of fused-ring (bicyclic) bond motifs is 1. The number of amides is 2. The van der Waals surface area contributed by atoms with E-state index in [4.69, 9.17) is 0 Å². The summed E-state index contributed by atoms with van der Waals surface area (Å²) in [6.07, 6.45) is 0. The second kappa shape index (κ2) is 3.57. The van der Waals surface area contributed by atoms with E-state index < -0.39 is 0 Å². The molecule has 1 aliphatic rings. The Kier molecular flexibility index (Phi) is 2.39. The Labute approximate surface area is 90.1 Å². The summed E-state index contributed by atoms with van der Waals surface area (Å²) in [6.45, 7) is 6.83. The molecule has 1 aliphatic heterocycles. The number of hydrogen-bond acceptors (Lipinski definition) is 1. The molecule has 0 atom stereocenters. The lowest BCUT2D eigenvalue weighted by molar-refractivity contribution is 0.191. The van der Waals surface area contributed by atoms with Gasteiger partial charge in [0, 0.05) is 18.3 Å². The number of hydrogen-bond donors (Lipinski definition) is 1. The molecule has 0 spiro atoms. The first kappa shape index (κ1) is 10.0. The smallest absolute Gasteiger partial charge is 0.318 e. The molecule has 3 nitrogen and oxygen atoms in total. The molecule has 2 amide bonds. The fraction of sp³-hybridized carbons (Fsp3) is 0.417. The first-order chi connectivity index (χ1) is 7.08. The van der Waals surface area contributed by atoms with Crippen molar-refractivity contribution in [1.82, 2.24) is 4.90 Å². The molecular weight excluding hydrogens is 188 g/mol. The maximum Gasteiger partial charge on any atom is 0.322 e. The summed E-state index contributed by atoms with van der Waals surface area (Å²) < 4.78 is 0. The summed E-state index contributed by atoms with van der Waals surface area (Å²) in [5.74, 6) is 0. The van der Waals surface area contributed by atoms with Gasteiger partial charge in [0.1, 0.15) is 0 Å². The van der Waals surface area contributed by atoms with Gasteiger partial charge >= 0.3 is 6.03 Å². The number of carbonyl (C=O) groups excluding carboxylic acids is 1. The van der Waals surface area contributed by atoms with Crippen LogP contribution in [0, 0.1) is 6.92 Å². The van der Waals surface area contributed by atoms with Crippen LogP contribution in [0.15, 0.2) is 18.2 Å². The van der Waals surface area contributed by atoms with Gasteiger partial charge in [-0.05, 0) is 32.4 Å². The third-order valence-corrected chi connectivity index (χ3v) is 2.73. The standard InChI is InChI=1S/C12H16N2O/c1-8(2)14-7-10-6-9(3)4-5-11(10)13-12(14)15/h4-6,8H,7H2,1-3H3,(H,13,15). The van der Waals surface area contributed by atoms with E-state index in [2.05, 4.69) is 18.3 Å². The molecule has 1 N–H and O–H groups in total. The highest BCUT2D eigenvalue weighted by Crippen LogP contribution is 2.25. The Hall–Kier alpha value is -1.51. The molecule has 0 unspecified atom stereocenters. The van der Waals surface area contributed by atoms with Crippen molar-refractivity contribution in [3.05, 3.63) is 29.3 Å². The van der Waals surface area contributed by atoms with Crippen LogP contribution in [-0.2, 0) is 6.54 Å². The largest absolute Gasteiger partial charge is 0.322 e. The van der Waals surface area contributed by atoms with Gasteiger partial charge in [-0.2, -0.15) is 0 Å². The summed E-state index contributed by atoms with van der Waals surface area (Å²) in [6, 6.07) is 6.36. The third-order valence-electron chi connectivity index (χ3n) is 2.73. The van der Waals surface area contributed by atoms with Gasteiger partial charge in [0.2, 0.25) is 0 Å². The van der Waals surface area contributed by atoms with Crippen molar-refractivity contribution in [2.24, 2.45) is 0 Å². The van der Waals surface area contributed by atoms with Gasteiger partial charge in [-0.1, -0.05) is 17.7 Å². The average molecular weight is 204 g/mol. The zero-order valence-corrected chi connectivity index (χ0v) is 9.37. The molecule has 0 fully saturated rings. The fourth-order valence-corrected chi connectivity index (χ4v) is 1.83. The second-order valence-corrected chi connectivity index (χ2v) is 4.31. The van der Waals surface area contributed by atoms with E-state index in [1.165, 1.54) is 11.1 Å². The monoisotopic (exact) mass is 204 g/mol. The van der Waals surface area contributed by atoms with Crippen molar-refractivity contribution in [2.45, 2.75) is 33.4 Å². The zero-order chi connectivity index (χ0) is 11.0. The van der Waals surface area contributed by atoms with Crippen molar-refractivity contribution in [2.75, 3.05) is 5.32 Å². The normalized spacial score (nSPS) is 15.2. The fourth-order valence-electron chi connectivity index (χ4n) is 1.83. The zero-order valence-electron chi connectivity index (χ0n) is 9.37. The van der Waals surface area contributed by atoms with E-state index in [0.717, 1.165) is 5.69 Å². The van der Waals surface area contributed by atoms with Crippen LogP contribution < -0.4 is 5.32 Å². The quantitative estimate of drug-likeness (QED) is 0.749. The van der Waals surface area contributed by atoms with Gasteiger partial charge < -0.3 is 10.2 Å². The predicted molar refractivity (Wildman–Crippen MR) is 60.9 cm³/mol. The van der Waals surface area contributed by atoms with E-state index in [9.17, 15) is 4.79 Å². The van der Waals surface area contributed by atoms with Crippen LogP contribution in [0.3, 0.4) is 0 Å². The van der Waals surface area contributed by atoms with Gasteiger partial charge in [0.15, 0.2) is 0 Å². The molecule has 1 heterocycles. The topological polar surface area (TPSA) is 32.3 Å². The second-order valence-electron chi connectivity index (χ2n) is 4.31. The van der Waals surface area contributed by atoms with E-state index in [-0.39, 0.29) is 12.1 Å². The summed E-state index contributed by atoms with van der Waals surface area (Å²) in [5.41, 5.74) is 3.37. The van der Waals surface area contributed by atoms with Crippen LogP contribution in [0.5, 0.6) is 0 Å². The molecule has 0 aromatic heterocycles. The molecule has 80 valence electrons. The SMILES string of the molecule is Cc1ccc2c(c1)CN(C(C)C)C(=O)N2. The number of benzene rings is 1. The molecule has 0 aliphatic carbocycles. The van der Waals surface area contributed by atoms with Gasteiger partial charge in [0.05, 0.1) is 0 Å². The third kappa shape index (κ3) is 1.82. The molecule has 0 bridgehead atoms. The maximum absolute atomic E-state index is 11.7. The summed E-state index contributed by atoms with van der Waals surface area (Å²) in [4.78, 5) is 13.5. The predicted octanol–water partition coefficient (Wildman–Crippen LogP) is 2.75. The van der Waals surface area contributed by atoms with E-state index >= 15 is 0 Å². The lowest BCUT2D eigenvalue weighted by atomic mass is 10.1. The molecule has 0 saturated heterocycles. The number of anilines is 1. The molecule has 1 aromatic carbocycles. The Morgan fingerprint density at radius 2 is 2.13 bits per heavy atom. The van der Waals surface area contributed by atoms with Gasteiger partial charge in [-0.15, -0.1) is 0 Å². The highest BCUT2D eigenvalue weighted by atomic mass is 16.2.